The summed E-state index contributed by atoms with van der Waals surface area (Å²) in [5.74, 6) is -15.3. The number of nitrogens with one attached hydrogen (secondary N) is 2. The van der Waals surface area contributed by atoms with Gasteiger partial charge in [-0.1, -0.05) is 0 Å². The van der Waals surface area contributed by atoms with E-state index in [1.807, 2.05) is 0 Å². The molecule has 0 aromatic rings. The number of allylic oxidation sites excluding steroid dienone is 2. The van der Waals surface area contributed by atoms with Gasteiger partial charge < -0.3 is 10.2 Å². The number of halogens is 7. The zero-order chi connectivity index (χ0) is 17.1. The molecule has 2 N–H and O–H groups in total. The highest BCUT2D eigenvalue weighted by Crippen LogP contribution is 2.47. The first-order valence-electron chi connectivity index (χ1n) is 4.92. The van der Waals surface area contributed by atoms with Gasteiger partial charge in [-0.15, -0.1) is 0 Å². The van der Waals surface area contributed by atoms with E-state index in [-0.39, 0.29) is 6.08 Å². The molecule has 0 spiro atoms. The fourth-order valence-electron chi connectivity index (χ4n) is 0.857. The lowest BCUT2D eigenvalue weighted by Crippen LogP contribution is -2.55. The monoisotopic (exact) mass is 326 g/mol. The molecule has 0 unspecified atom stereocenters. The maximum absolute atomic E-state index is 12.9. The van der Waals surface area contributed by atoms with Crippen molar-refractivity contribution >= 4 is 11.9 Å². The molecule has 21 heavy (non-hydrogen) atoms. The van der Waals surface area contributed by atoms with E-state index in [4.69, 9.17) is 0 Å². The first kappa shape index (κ1) is 19.0. The van der Waals surface area contributed by atoms with Crippen LogP contribution in [0.4, 0.5) is 35.5 Å². The number of hydrogen-bond acceptors (Lipinski definition) is 4. The second kappa shape index (κ2) is 6.18. The molecule has 0 aliphatic heterocycles. The average Bonchev–Trinajstić information content (AvgIpc) is 2.33. The summed E-state index contributed by atoms with van der Waals surface area (Å²) in [7, 11) is 0.930. The molecule has 0 rings (SSSR count). The summed E-state index contributed by atoms with van der Waals surface area (Å²) in [6, 6.07) is 0. The molecular weight excluding hydrogens is 317 g/mol. The van der Waals surface area contributed by atoms with Crippen molar-refractivity contribution < 1.29 is 45.1 Å². The summed E-state index contributed by atoms with van der Waals surface area (Å²) in [5, 5.41) is 0. The highest BCUT2D eigenvalue weighted by atomic mass is 19.4. The molecule has 0 fully saturated rings. The first-order chi connectivity index (χ1) is 9.27. The van der Waals surface area contributed by atoms with Gasteiger partial charge in [-0.2, -0.15) is 30.7 Å². The summed E-state index contributed by atoms with van der Waals surface area (Å²) in [4.78, 5) is 21.5. The second-order valence-electron chi connectivity index (χ2n) is 3.58. The number of ketones is 1. The highest BCUT2D eigenvalue weighted by Gasteiger charge is 2.75. The van der Waals surface area contributed by atoms with Crippen molar-refractivity contribution in [2.24, 2.45) is 0 Å². The molecule has 122 valence electrons. The lowest BCUT2D eigenvalue weighted by molar-refractivity contribution is -0.342. The van der Waals surface area contributed by atoms with Crippen LogP contribution in [0.25, 0.3) is 0 Å². The minimum absolute atomic E-state index is 0.213. The number of ether oxygens (including phenoxy) is 1. The van der Waals surface area contributed by atoms with Crippen LogP contribution in [0.3, 0.4) is 0 Å². The highest BCUT2D eigenvalue weighted by molar-refractivity contribution is 5.97. The molecule has 1 amide bonds. The topological polar surface area (TPSA) is 67.4 Å². The van der Waals surface area contributed by atoms with Crippen molar-refractivity contribution in [3.05, 3.63) is 11.8 Å². The second-order valence-corrected chi connectivity index (χ2v) is 3.58. The average molecular weight is 326 g/mol. The number of hydrazine groups is 1. The smallest absolute Gasteiger partial charge is 0.452 e. The molecule has 0 aliphatic rings. The van der Waals surface area contributed by atoms with Gasteiger partial charge in [-0.05, 0) is 6.92 Å². The van der Waals surface area contributed by atoms with Crippen molar-refractivity contribution in [2.75, 3.05) is 7.11 Å². The van der Waals surface area contributed by atoms with Crippen LogP contribution >= 0.6 is 0 Å². The summed E-state index contributed by atoms with van der Waals surface area (Å²) in [5.41, 5.74) is 2.83. The fourth-order valence-corrected chi connectivity index (χ4v) is 0.857. The summed E-state index contributed by atoms with van der Waals surface area (Å²) in [6.45, 7) is 0.857. The Balaban J connectivity index is 5.11. The van der Waals surface area contributed by atoms with E-state index in [2.05, 4.69) is 4.74 Å². The number of hydrogen-bond donors (Lipinski definition) is 2. The van der Waals surface area contributed by atoms with Crippen molar-refractivity contribution in [1.82, 2.24) is 10.9 Å². The number of amides is 1. The Morgan fingerprint density at radius 2 is 1.48 bits per heavy atom. The third-order valence-electron chi connectivity index (χ3n) is 1.95. The molecule has 0 heterocycles. The molecule has 0 aromatic heterocycles. The maximum atomic E-state index is 12.9. The van der Waals surface area contributed by atoms with Crippen LogP contribution < -0.4 is 10.9 Å². The van der Waals surface area contributed by atoms with E-state index in [0.29, 0.717) is 0 Å². The minimum Gasteiger partial charge on any atom is -0.452 e. The van der Waals surface area contributed by atoms with E-state index < -0.39 is 35.6 Å². The first-order valence-corrected chi connectivity index (χ1v) is 4.92. The van der Waals surface area contributed by atoms with E-state index in [9.17, 15) is 40.3 Å². The van der Waals surface area contributed by atoms with Crippen molar-refractivity contribution in [1.29, 1.82) is 0 Å². The molecule has 0 saturated heterocycles. The Hall–Kier alpha value is -2.01. The van der Waals surface area contributed by atoms with Gasteiger partial charge in [0.05, 0.1) is 7.11 Å². The third-order valence-corrected chi connectivity index (χ3v) is 1.95. The lowest BCUT2D eigenvalue weighted by Gasteiger charge is -2.26. The summed E-state index contributed by atoms with van der Waals surface area (Å²) < 4.78 is 90.4. The number of alkyl halides is 7. The minimum atomic E-state index is -6.61. The predicted molar refractivity (Wildman–Crippen MR) is 53.4 cm³/mol. The number of rotatable bonds is 5. The fraction of sp³-hybridized carbons (Fsp3) is 0.556. The Labute approximate surface area is 113 Å². The largest absolute Gasteiger partial charge is 0.460 e. The van der Waals surface area contributed by atoms with Gasteiger partial charge >= 0.3 is 24.1 Å². The van der Waals surface area contributed by atoms with Crippen molar-refractivity contribution in [2.45, 2.75) is 24.9 Å². The van der Waals surface area contributed by atoms with Gasteiger partial charge in [0.15, 0.2) is 0 Å². The standard InChI is InChI=1S/C9H9F7N2O3/c1-4(17-18-6(20)21-2)3-5(19)7(10,11)8(12,13)9(14,15)16/h3,17H,1-2H3,(H,18,20)/b4-3+. The molecule has 0 radical (unpaired) electrons. The maximum Gasteiger partial charge on any atom is 0.460 e. The van der Waals surface area contributed by atoms with Crippen molar-refractivity contribution in [3.63, 3.8) is 0 Å². The number of methoxy groups -OCH3 is 1. The van der Waals surface area contributed by atoms with Crippen LogP contribution in [0.5, 0.6) is 0 Å². The SMILES string of the molecule is COC(=O)NN/C(C)=C/C(=O)C(F)(F)C(F)(F)C(F)(F)F. The molecule has 0 saturated carbocycles. The Morgan fingerprint density at radius 1 is 1.00 bits per heavy atom. The molecule has 5 nitrogen and oxygen atoms in total. The van der Waals surface area contributed by atoms with Crippen LogP contribution in [0.2, 0.25) is 0 Å². The van der Waals surface area contributed by atoms with E-state index in [1.165, 1.54) is 0 Å². The van der Waals surface area contributed by atoms with E-state index in [0.717, 1.165) is 14.0 Å². The van der Waals surface area contributed by atoms with Gasteiger partial charge in [0, 0.05) is 11.8 Å². The Bertz CT molecular complexity index is 445. The molecule has 0 aromatic carbocycles. The molecule has 0 aliphatic carbocycles. The summed E-state index contributed by atoms with van der Waals surface area (Å²) >= 11 is 0. The Kier molecular flexibility index (Phi) is 5.59. The van der Waals surface area contributed by atoms with E-state index >= 15 is 0 Å². The Morgan fingerprint density at radius 3 is 1.86 bits per heavy atom. The van der Waals surface area contributed by atoms with Gasteiger partial charge in [-0.25, -0.2) is 10.2 Å². The number of carbonyl (C=O) groups excluding carboxylic acids is 2. The van der Waals surface area contributed by atoms with E-state index in [1.54, 1.807) is 10.9 Å². The normalized spacial score (nSPS) is 13.7. The summed E-state index contributed by atoms with van der Waals surface area (Å²) in [6.07, 6.45) is -7.94. The third kappa shape index (κ3) is 4.23. The van der Waals surface area contributed by atoms with Gasteiger partial charge in [0.25, 0.3) is 0 Å². The van der Waals surface area contributed by atoms with Gasteiger partial charge in [0.1, 0.15) is 0 Å². The molecular formula is C9H9F7N2O3. The molecule has 12 heteroatoms. The number of carbonyl (C=O) groups is 2. The lowest BCUT2D eigenvalue weighted by atomic mass is 10.1. The predicted octanol–water partition coefficient (Wildman–Crippen LogP) is 2.15. The quantitative estimate of drug-likeness (QED) is 0.461. The van der Waals surface area contributed by atoms with Gasteiger partial charge in [-0.3, -0.25) is 4.79 Å². The van der Waals surface area contributed by atoms with Gasteiger partial charge in [0.2, 0.25) is 5.78 Å². The zero-order valence-corrected chi connectivity index (χ0v) is 10.4. The zero-order valence-electron chi connectivity index (χ0n) is 10.4. The molecule has 0 bridgehead atoms. The molecule has 0 atom stereocenters. The van der Waals surface area contributed by atoms with Crippen LogP contribution in [-0.4, -0.2) is 37.0 Å². The van der Waals surface area contributed by atoms with Crippen LogP contribution in [0, 0.1) is 0 Å². The van der Waals surface area contributed by atoms with Crippen LogP contribution in [0.1, 0.15) is 6.92 Å². The van der Waals surface area contributed by atoms with Crippen LogP contribution in [0.15, 0.2) is 11.8 Å². The van der Waals surface area contributed by atoms with Crippen LogP contribution in [-0.2, 0) is 9.53 Å². The van der Waals surface area contributed by atoms with Crippen molar-refractivity contribution in [3.8, 4) is 0 Å².